The lowest BCUT2D eigenvalue weighted by atomic mass is 9.95. The number of anilines is 1. The van der Waals surface area contributed by atoms with Crippen LogP contribution in [0.4, 0.5) is 5.69 Å². The molecular formula is C22H25ClN2O3. The van der Waals surface area contributed by atoms with Crippen molar-refractivity contribution in [3.8, 4) is 5.75 Å². The molecule has 1 heterocycles. The number of rotatable bonds is 4. The first-order chi connectivity index (χ1) is 13.2. The van der Waals surface area contributed by atoms with Crippen LogP contribution in [0.3, 0.4) is 0 Å². The van der Waals surface area contributed by atoms with Gasteiger partial charge in [-0.05, 0) is 62.1 Å². The first kappa shape index (κ1) is 20.2. The molecule has 1 aliphatic rings. The highest BCUT2D eigenvalue weighted by molar-refractivity contribution is 6.30. The Morgan fingerprint density at radius 3 is 2.54 bits per heavy atom. The van der Waals surface area contributed by atoms with E-state index in [-0.39, 0.29) is 24.3 Å². The smallest absolute Gasteiger partial charge is 0.243 e. The summed E-state index contributed by atoms with van der Waals surface area (Å²) in [5.41, 5.74) is 4.89. The van der Waals surface area contributed by atoms with E-state index in [2.05, 4.69) is 5.32 Å². The van der Waals surface area contributed by atoms with Crippen molar-refractivity contribution < 1.29 is 14.3 Å². The summed E-state index contributed by atoms with van der Waals surface area (Å²) in [6.07, 6.45) is 0.552. The Balaban J connectivity index is 1.62. The maximum atomic E-state index is 12.8. The molecular weight excluding hydrogens is 376 g/mol. The van der Waals surface area contributed by atoms with E-state index in [1.807, 2.05) is 45.0 Å². The second kappa shape index (κ2) is 8.23. The molecule has 0 fully saturated rings. The van der Waals surface area contributed by atoms with E-state index in [1.54, 1.807) is 13.1 Å². The second-order valence-corrected chi connectivity index (χ2v) is 7.92. The topological polar surface area (TPSA) is 58.6 Å². The SMILES string of the molecule is Cc1cc(C)c(NC(=O)CN(C)C(=O)[C@H]2COc3ccc(Cl)cc3C2)c(C)c1. The van der Waals surface area contributed by atoms with Gasteiger partial charge in [0.05, 0.1) is 12.5 Å². The maximum absolute atomic E-state index is 12.8. The highest BCUT2D eigenvalue weighted by atomic mass is 35.5. The van der Waals surface area contributed by atoms with Gasteiger partial charge in [-0.1, -0.05) is 29.3 Å². The van der Waals surface area contributed by atoms with E-state index < -0.39 is 0 Å². The Hall–Kier alpha value is -2.53. The highest BCUT2D eigenvalue weighted by Crippen LogP contribution is 2.30. The zero-order valence-corrected chi connectivity index (χ0v) is 17.4. The molecule has 0 saturated carbocycles. The average molecular weight is 401 g/mol. The summed E-state index contributed by atoms with van der Waals surface area (Å²) in [5, 5.41) is 3.55. The number of nitrogens with zero attached hydrogens (tertiary/aromatic N) is 1. The number of carbonyl (C=O) groups is 2. The minimum Gasteiger partial charge on any atom is -0.492 e. The van der Waals surface area contributed by atoms with Gasteiger partial charge in [-0.3, -0.25) is 9.59 Å². The molecule has 2 amide bonds. The normalized spacial score (nSPS) is 15.4. The molecule has 1 atom stereocenters. The largest absolute Gasteiger partial charge is 0.492 e. The van der Waals surface area contributed by atoms with Crippen LogP contribution in [0.15, 0.2) is 30.3 Å². The van der Waals surface area contributed by atoms with Gasteiger partial charge in [0.2, 0.25) is 11.8 Å². The third-order valence-electron chi connectivity index (χ3n) is 4.98. The third kappa shape index (κ3) is 4.47. The Kier molecular flexibility index (Phi) is 5.94. The number of hydrogen-bond donors (Lipinski definition) is 1. The molecule has 6 heteroatoms. The van der Waals surface area contributed by atoms with Crippen LogP contribution in [0.1, 0.15) is 22.3 Å². The fraction of sp³-hybridized carbons (Fsp3) is 0.364. The molecule has 2 aromatic carbocycles. The number of likely N-dealkylation sites (N-methyl/N-ethyl adjacent to an activating group) is 1. The minimum absolute atomic E-state index is 0.00943. The van der Waals surface area contributed by atoms with E-state index in [1.165, 1.54) is 4.90 Å². The summed E-state index contributed by atoms with van der Waals surface area (Å²) >= 11 is 6.04. The molecule has 3 rings (SSSR count). The fourth-order valence-electron chi connectivity index (χ4n) is 3.68. The summed E-state index contributed by atoms with van der Waals surface area (Å²) in [6.45, 7) is 6.24. The van der Waals surface area contributed by atoms with Gasteiger partial charge in [0.1, 0.15) is 12.4 Å². The number of benzene rings is 2. The molecule has 2 aromatic rings. The van der Waals surface area contributed by atoms with E-state index in [0.29, 0.717) is 18.1 Å². The molecule has 0 spiro atoms. The van der Waals surface area contributed by atoms with Crippen LogP contribution < -0.4 is 10.1 Å². The summed E-state index contributed by atoms with van der Waals surface area (Å²) in [6, 6.07) is 9.47. The van der Waals surface area contributed by atoms with E-state index in [0.717, 1.165) is 33.7 Å². The van der Waals surface area contributed by atoms with Gasteiger partial charge < -0.3 is 15.0 Å². The Bertz CT molecular complexity index is 903. The van der Waals surface area contributed by atoms with Gasteiger partial charge in [-0.2, -0.15) is 0 Å². The summed E-state index contributed by atoms with van der Waals surface area (Å²) < 4.78 is 5.70. The van der Waals surface area contributed by atoms with Crippen LogP contribution >= 0.6 is 11.6 Å². The summed E-state index contributed by atoms with van der Waals surface area (Å²) in [4.78, 5) is 26.7. The molecule has 0 aliphatic carbocycles. The number of ether oxygens (including phenoxy) is 1. The Morgan fingerprint density at radius 1 is 1.18 bits per heavy atom. The van der Waals surface area contributed by atoms with Crippen molar-refractivity contribution >= 4 is 29.1 Å². The van der Waals surface area contributed by atoms with Crippen LogP contribution in [0.5, 0.6) is 5.75 Å². The second-order valence-electron chi connectivity index (χ2n) is 7.48. The van der Waals surface area contributed by atoms with Crippen molar-refractivity contribution in [1.82, 2.24) is 4.90 Å². The molecule has 0 aromatic heterocycles. The summed E-state index contributed by atoms with van der Waals surface area (Å²) in [7, 11) is 1.64. The van der Waals surface area contributed by atoms with Crippen molar-refractivity contribution in [1.29, 1.82) is 0 Å². The van der Waals surface area contributed by atoms with Gasteiger partial charge in [-0.25, -0.2) is 0 Å². The predicted octanol–water partition coefficient (Wildman–Crippen LogP) is 3.91. The summed E-state index contributed by atoms with van der Waals surface area (Å²) in [5.74, 6) is 0.106. The number of aryl methyl sites for hydroxylation is 3. The predicted molar refractivity (Wildman–Crippen MR) is 111 cm³/mol. The highest BCUT2D eigenvalue weighted by Gasteiger charge is 2.29. The van der Waals surface area contributed by atoms with Gasteiger partial charge >= 0.3 is 0 Å². The van der Waals surface area contributed by atoms with Crippen LogP contribution in [0.2, 0.25) is 5.02 Å². The van der Waals surface area contributed by atoms with Crippen molar-refractivity contribution in [2.24, 2.45) is 5.92 Å². The zero-order valence-electron chi connectivity index (χ0n) is 16.6. The van der Waals surface area contributed by atoms with Crippen LogP contribution in [0, 0.1) is 26.7 Å². The quantitative estimate of drug-likeness (QED) is 0.846. The Morgan fingerprint density at radius 2 is 1.86 bits per heavy atom. The molecule has 5 nitrogen and oxygen atoms in total. The lowest BCUT2D eigenvalue weighted by Crippen LogP contribution is -2.42. The molecule has 0 saturated heterocycles. The maximum Gasteiger partial charge on any atom is 0.243 e. The number of fused-ring (bicyclic) bond motifs is 1. The van der Waals surface area contributed by atoms with E-state index >= 15 is 0 Å². The van der Waals surface area contributed by atoms with E-state index in [9.17, 15) is 9.59 Å². The first-order valence-corrected chi connectivity index (χ1v) is 9.66. The van der Waals surface area contributed by atoms with E-state index in [4.69, 9.17) is 16.3 Å². The Labute approximate surface area is 170 Å². The van der Waals surface area contributed by atoms with Crippen molar-refractivity contribution in [2.45, 2.75) is 27.2 Å². The molecule has 0 radical (unpaired) electrons. The standard InChI is InChI=1S/C22H25ClN2O3/c1-13-7-14(2)21(15(3)8-13)24-20(26)11-25(4)22(27)17-9-16-10-18(23)5-6-19(16)28-12-17/h5-8,10,17H,9,11-12H2,1-4H3,(H,24,26)/t17-/m1/s1. The molecule has 28 heavy (non-hydrogen) atoms. The van der Waals surface area contributed by atoms with Gasteiger partial charge in [-0.15, -0.1) is 0 Å². The van der Waals surface area contributed by atoms with Crippen molar-refractivity contribution in [3.63, 3.8) is 0 Å². The number of nitrogens with one attached hydrogen (secondary N) is 1. The van der Waals surface area contributed by atoms with Crippen molar-refractivity contribution in [3.05, 3.63) is 57.6 Å². The average Bonchev–Trinajstić information content (AvgIpc) is 2.63. The van der Waals surface area contributed by atoms with Gasteiger partial charge in [0, 0.05) is 17.8 Å². The van der Waals surface area contributed by atoms with Gasteiger partial charge in [0.15, 0.2) is 0 Å². The fourth-order valence-corrected chi connectivity index (χ4v) is 3.88. The lowest BCUT2D eigenvalue weighted by molar-refractivity contribution is -0.138. The van der Waals surface area contributed by atoms with Crippen molar-refractivity contribution in [2.75, 3.05) is 25.5 Å². The zero-order chi connectivity index (χ0) is 20.4. The lowest BCUT2D eigenvalue weighted by Gasteiger charge is -2.28. The molecule has 0 unspecified atom stereocenters. The molecule has 1 N–H and O–H groups in total. The number of halogens is 1. The van der Waals surface area contributed by atoms with Crippen LogP contribution in [-0.4, -0.2) is 36.9 Å². The molecule has 0 bridgehead atoms. The van der Waals surface area contributed by atoms with Crippen LogP contribution in [0.25, 0.3) is 0 Å². The minimum atomic E-state index is -0.327. The number of amides is 2. The number of hydrogen-bond acceptors (Lipinski definition) is 3. The van der Waals surface area contributed by atoms with Gasteiger partial charge in [0.25, 0.3) is 0 Å². The molecule has 1 aliphatic heterocycles. The third-order valence-corrected chi connectivity index (χ3v) is 5.21. The monoisotopic (exact) mass is 400 g/mol. The molecule has 148 valence electrons. The number of carbonyl (C=O) groups excluding carboxylic acids is 2. The van der Waals surface area contributed by atoms with Crippen LogP contribution in [-0.2, 0) is 16.0 Å². The first-order valence-electron chi connectivity index (χ1n) is 9.28.